The van der Waals surface area contributed by atoms with Crippen molar-refractivity contribution < 1.29 is 28.5 Å². The van der Waals surface area contributed by atoms with Crippen molar-refractivity contribution in [2.24, 2.45) is 5.41 Å². The first-order valence-electron chi connectivity index (χ1n) is 7.77. The first-order chi connectivity index (χ1) is 10.8. The van der Waals surface area contributed by atoms with Gasteiger partial charge in [0.15, 0.2) is 5.78 Å². The maximum Gasteiger partial charge on any atom is 0.249 e. The van der Waals surface area contributed by atoms with Gasteiger partial charge in [-0.3, -0.25) is 9.59 Å². The highest BCUT2D eigenvalue weighted by Crippen LogP contribution is 2.15. The Bertz CT molecular complexity index is 340. The van der Waals surface area contributed by atoms with Gasteiger partial charge in [0.05, 0.1) is 39.6 Å². The highest BCUT2D eigenvalue weighted by Gasteiger charge is 2.25. The quantitative estimate of drug-likeness (QED) is 0.463. The Balaban J connectivity index is 4.41. The van der Waals surface area contributed by atoms with E-state index in [2.05, 4.69) is 0 Å². The van der Waals surface area contributed by atoms with Gasteiger partial charge in [0.2, 0.25) is 5.91 Å². The topological polar surface area (TPSA) is 74.3 Å². The number of hydrogen-bond acceptors (Lipinski definition) is 6. The fourth-order valence-corrected chi connectivity index (χ4v) is 1.51. The lowest BCUT2D eigenvalue weighted by Crippen LogP contribution is -2.43. The highest BCUT2D eigenvalue weighted by atomic mass is 16.5. The third-order valence-corrected chi connectivity index (χ3v) is 3.12. The molecule has 0 saturated heterocycles. The van der Waals surface area contributed by atoms with Crippen molar-refractivity contribution in [3.05, 3.63) is 0 Å². The van der Waals surface area contributed by atoms with Gasteiger partial charge in [-0.2, -0.15) is 0 Å². The minimum absolute atomic E-state index is 0.000340. The number of rotatable bonds is 13. The second-order valence-electron chi connectivity index (χ2n) is 6.14. The molecule has 0 aromatic heterocycles. The molecule has 0 radical (unpaired) electrons. The van der Waals surface area contributed by atoms with Crippen molar-refractivity contribution in [1.82, 2.24) is 4.90 Å². The van der Waals surface area contributed by atoms with Crippen LogP contribution in [0.3, 0.4) is 0 Å². The second kappa shape index (κ2) is 12.4. The lowest BCUT2D eigenvalue weighted by atomic mass is 9.90. The summed E-state index contributed by atoms with van der Waals surface area (Å²) in [4.78, 5) is 25.9. The fourth-order valence-electron chi connectivity index (χ4n) is 1.51. The van der Waals surface area contributed by atoms with Crippen molar-refractivity contribution in [2.45, 2.75) is 20.8 Å². The lowest BCUT2D eigenvalue weighted by Gasteiger charge is -2.26. The van der Waals surface area contributed by atoms with Gasteiger partial charge in [0.1, 0.15) is 6.61 Å². The Morgan fingerprint density at radius 1 is 0.870 bits per heavy atom. The van der Waals surface area contributed by atoms with Crippen LogP contribution in [0.4, 0.5) is 0 Å². The molecule has 7 nitrogen and oxygen atoms in total. The molecule has 0 heterocycles. The zero-order valence-electron chi connectivity index (χ0n) is 15.1. The average Bonchev–Trinajstić information content (AvgIpc) is 2.48. The van der Waals surface area contributed by atoms with Crippen molar-refractivity contribution in [1.29, 1.82) is 0 Å². The molecule has 0 N–H and O–H groups in total. The minimum Gasteiger partial charge on any atom is -0.382 e. The van der Waals surface area contributed by atoms with Gasteiger partial charge in [-0.15, -0.1) is 0 Å². The first kappa shape index (κ1) is 22.0. The summed E-state index contributed by atoms with van der Waals surface area (Å²) in [6.07, 6.45) is 0. The Hall–Kier alpha value is -1.02. The molecule has 1 amide bonds. The molecule has 0 saturated carbocycles. The van der Waals surface area contributed by atoms with E-state index in [1.807, 2.05) is 20.8 Å². The summed E-state index contributed by atoms with van der Waals surface area (Å²) in [5.41, 5.74) is -0.494. The number of hydrogen-bond donors (Lipinski definition) is 0. The Labute approximate surface area is 139 Å². The molecule has 0 aromatic rings. The molecule has 0 aliphatic heterocycles. The molecule has 0 fully saturated rings. The molecular formula is C16H31NO6. The van der Waals surface area contributed by atoms with Crippen LogP contribution in [-0.4, -0.2) is 83.5 Å². The Morgan fingerprint density at radius 2 is 1.43 bits per heavy atom. The third kappa shape index (κ3) is 11.2. The van der Waals surface area contributed by atoms with Gasteiger partial charge >= 0.3 is 0 Å². The van der Waals surface area contributed by atoms with Crippen molar-refractivity contribution >= 4 is 11.7 Å². The largest absolute Gasteiger partial charge is 0.382 e. The van der Waals surface area contributed by atoms with Crippen LogP contribution in [0.1, 0.15) is 20.8 Å². The first-order valence-corrected chi connectivity index (χ1v) is 7.77. The molecule has 0 aliphatic rings. The van der Waals surface area contributed by atoms with Crippen LogP contribution < -0.4 is 0 Å². The number of carbonyl (C=O) groups excluding carboxylic acids is 2. The van der Waals surface area contributed by atoms with Gasteiger partial charge in [0, 0.05) is 26.2 Å². The predicted molar refractivity (Wildman–Crippen MR) is 86.4 cm³/mol. The predicted octanol–water partition coefficient (Wildman–Crippen LogP) is 0.756. The standard InChI is InChI=1S/C16H31NO6/c1-16(2,3)14(18)12-17(6-7-22-10-8-20-4)15(19)13-23-11-9-21-5/h6-13H2,1-5H3. The van der Waals surface area contributed by atoms with Crippen molar-refractivity contribution in [3.8, 4) is 0 Å². The number of ketones is 1. The summed E-state index contributed by atoms with van der Waals surface area (Å²) < 4.78 is 20.4. The van der Waals surface area contributed by atoms with E-state index in [-0.39, 0.29) is 24.8 Å². The monoisotopic (exact) mass is 333 g/mol. The minimum atomic E-state index is -0.494. The smallest absolute Gasteiger partial charge is 0.249 e. The molecule has 0 unspecified atom stereocenters. The Kier molecular flexibility index (Phi) is 11.9. The van der Waals surface area contributed by atoms with Crippen LogP contribution in [0.2, 0.25) is 0 Å². The molecule has 0 aromatic carbocycles. The second-order valence-corrected chi connectivity index (χ2v) is 6.14. The highest BCUT2D eigenvalue weighted by molar-refractivity contribution is 5.89. The van der Waals surface area contributed by atoms with E-state index >= 15 is 0 Å². The zero-order chi connectivity index (χ0) is 17.7. The van der Waals surface area contributed by atoms with E-state index in [9.17, 15) is 9.59 Å². The van der Waals surface area contributed by atoms with Crippen LogP contribution in [0, 0.1) is 5.41 Å². The van der Waals surface area contributed by atoms with E-state index < -0.39 is 5.41 Å². The summed E-state index contributed by atoms with van der Waals surface area (Å²) in [7, 11) is 3.16. The zero-order valence-corrected chi connectivity index (χ0v) is 15.1. The van der Waals surface area contributed by atoms with E-state index in [0.29, 0.717) is 39.6 Å². The van der Waals surface area contributed by atoms with Gasteiger partial charge in [-0.1, -0.05) is 20.8 Å². The van der Waals surface area contributed by atoms with Gasteiger partial charge < -0.3 is 23.8 Å². The fraction of sp³-hybridized carbons (Fsp3) is 0.875. The van der Waals surface area contributed by atoms with Crippen LogP contribution in [0.15, 0.2) is 0 Å². The number of amides is 1. The molecule has 0 bridgehead atoms. The molecule has 0 aliphatic carbocycles. The molecule has 0 spiro atoms. The van der Waals surface area contributed by atoms with Gasteiger partial charge in [-0.05, 0) is 0 Å². The molecular weight excluding hydrogens is 302 g/mol. The molecule has 136 valence electrons. The number of nitrogens with zero attached hydrogens (tertiary/aromatic N) is 1. The third-order valence-electron chi connectivity index (χ3n) is 3.12. The summed E-state index contributed by atoms with van der Waals surface area (Å²) in [5, 5.41) is 0. The molecule has 0 rings (SSSR count). The number of methoxy groups -OCH3 is 2. The number of carbonyl (C=O) groups is 2. The summed E-state index contributed by atoms with van der Waals surface area (Å²) in [6, 6.07) is 0. The van der Waals surface area contributed by atoms with Crippen molar-refractivity contribution in [2.75, 3.05) is 67.0 Å². The summed E-state index contributed by atoms with van der Waals surface area (Å²) >= 11 is 0. The number of ether oxygens (including phenoxy) is 4. The van der Waals surface area contributed by atoms with Crippen LogP contribution in [0.25, 0.3) is 0 Å². The average molecular weight is 333 g/mol. The normalized spacial score (nSPS) is 11.5. The molecule has 7 heteroatoms. The van der Waals surface area contributed by atoms with E-state index in [1.54, 1.807) is 14.2 Å². The maximum absolute atomic E-state index is 12.2. The summed E-state index contributed by atoms with van der Waals surface area (Å²) in [5.74, 6) is -0.228. The van der Waals surface area contributed by atoms with Crippen LogP contribution >= 0.6 is 0 Å². The van der Waals surface area contributed by atoms with Crippen LogP contribution in [-0.2, 0) is 28.5 Å². The molecule has 0 atom stereocenters. The molecule has 23 heavy (non-hydrogen) atoms. The maximum atomic E-state index is 12.2. The summed E-state index contributed by atoms with van der Waals surface area (Å²) in [6.45, 7) is 7.91. The van der Waals surface area contributed by atoms with E-state index in [1.165, 1.54) is 4.90 Å². The van der Waals surface area contributed by atoms with Crippen molar-refractivity contribution in [3.63, 3.8) is 0 Å². The Morgan fingerprint density at radius 3 is 1.96 bits per heavy atom. The van der Waals surface area contributed by atoms with E-state index in [4.69, 9.17) is 18.9 Å². The van der Waals surface area contributed by atoms with Gasteiger partial charge in [0.25, 0.3) is 0 Å². The van der Waals surface area contributed by atoms with Gasteiger partial charge in [-0.25, -0.2) is 0 Å². The van der Waals surface area contributed by atoms with E-state index in [0.717, 1.165) is 0 Å². The lowest BCUT2D eigenvalue weighted by molar-refractivity contribution is -0.142. The van der Waals surface area contributed by atoms with Crippen LogP contribution in [0.5, 0.6) is 0 Å². The SMILES string of the molecule is COCCOCCN(CC(=O)C(C)(C)C)C(=O)COCCOC. The number of Topliss-reactive ketones (excluding diaryl/α,β-unsaturated/α-hetero) is 1.